The number of rotatable bonds is 8. The molecule has 5 nitrogen and oxygen atoms in total. The predicted octanol–water partition coefficient (Wildman–Crippen LogP) is 2.84. The molecule has 2 aromatic carbocycles. The van der Waals surface area contributed by atoms with Crippen LogP contribution in [0.4, 0.5) is 4.39 Å². The summed E-state index contributed by atoms with van der Waals surface area (Å²) in [7, 11) is 1.59. The second kappa shape index (κ2) is 9.16. The summed E-state index contributed by atoms with van der Waals surface area (Å²) < 4.78 is 18.0. The quantitative estimate of drug-likeness (QED) is 0.700. The number of methoxy groups -OCH3 is 1. The van der Waals surface area contributed by atoms with Crippen LogP contribution in [0.2, 0.25) is 0 Å². The monoisotopic (exact) mass is 372 g/mol. The van der Waals surface area contributed by atoms with E-state index in [2.05, 4.69) is 10.6 Å². The van der Waals surface area contributed by atoms with Crippen LogP contribution in [0.5, 0.6) is 5.75 Å². The van der Waals surface area contributed by atoms with E-state index in [0.717, 1.165) is 16.9 Å². The van der Waals surface area contributed by atoms with Gasteiger partial charge < -0.3 is 15.4 Å². The minimum atomic E-state index is -1.20. The van der Waals surface area contributed by atoms with Crippen molar-refractivity contribution in [1.82, 2.24) is 10.6 Å². The van der Waals surface area contributed by atoms with Crippen molar-refractivity contribution in [3.63, 3.8) is 0 Å². The second-order valence-electron chi connectivity index (χ2n) is 6.79. The fourth-order valence-electron chi connectivity index (χ4n) is 2.44. The highest BCUT2D eigenvalue weighted by molar-refractivity contribution is 6.04. The van der Waals surface area contributed by atoms with Gasteiger partial charge in [0, 0.05) is 13.1 Å². The van der Waals surface area contributed by atoms with Crippen LogP contribution in [0.1, 0.15) is 25.0 Å². The minimum absolute atomic E-state index is 0.294. The summed E-state index contributed by atoms with van der Waals surface area (Å²) in [4.78, 5) is 24.8. The zero-order valence-corrected chi connectivity index (χ0v) is 15.8. The van der Waals surface area contributed by atoms with Crippen molar-refractivity contribution in [3.05, 3.63) is 65.5 Å². The summed E-state index contributed by atoms with van der Waals surface area (Å²) in [6.45, 7) is 3.88. The number of amides is 2. The van der Waals surface area contributed by atoms with Crippen LogP contribution < -0.4 is 15.4 Å². The van der Waals surface area contributed by atoms with Crippen LogP contribution >= 0.6 is 0 Å². The van der Waals surface area contributed by atoms with E-state index in [1.165, 1.54) is 12.1 Å². The largest absolute Gasteiger partial charge is 0.497 e. The molecule has 0 atom stereocenters. The highest BCUT2D eigenvalue weighted by atomic mass is 19.1. The smallest absolute Gasteiger partial charge is 0.235 e. The molecule has 0 unspecified atom stereocenters. The molecule has 0 saturated carbocycles. The Morgan fingerprint density at radius 3 is 2.07 bits per heavy atom. The van der Waals surface area contributed by atoms with Crippen LogP contribution in [0.3, 0.4) is 0 Å². The topological polar surface area (TPSA) is 67.4 Å². The molecule has 0 radical (unpaired) electrons. The number of ether oxygens (including phenoxy) is 1. The van der Waals surface area contributed by atoms with Crippen molar-refractivity contribution < 1.29 is 18.7 Å². The van der Waals surface area contributed by atoms with Crippen molar-refractivity contribution in [3.8, 4) is 5.75 Å². The van der Waals surface area contributed by atoms with E-state index < -0.39 is 5.41 Å². The van der Waals surface area contributed by atoms with Crippen LogP contribution in [0.25, 0.3) is 0 Å². The lowest BCUT2D eigenvalue weighted by Gasteiger charge is -2.22. The summed E-state index contributed by atoms with van der Waals surface area (Å²) in [6, 6.07) is 13.5. The lowest BCUT2D eigenvalue weighted by Crippen LogP contribution is -2.48. The standard InChI is InChI=1S/C21H25FN2O3/c1-21(2,19(25)23-13-12-15-4-8-17(22)9-5-15)20(26)24-14-16-6-10-18(27-3)11-7-16/h4-11H,12-14H2,1-3H3,(H,23,25)(H,24,26). The summed E-state index contributed by atoms with van der Waals surface area (Å²) in [5.74, 6) is -0.252. The number of halogens is 1. The summed E-state index contributed by atoms with van der Waals surface area (Å²) in [6.07, 6.45) is 0.565. The normalized spacial score (nSPS) is 11.0. The van der Waals surface area contributed by atoms with E-state index in [-0.39, 0.29) is 17.6 Å². The lowest BCUT2D eigenvalue weighted by atomic mass is 9.91. The highest BCUT2D eigenvalue weighted by Crippen LogP contribution is 2.17. The van der Waals surface area contributed by atoms with Crippen LogP contribution in [0, 0.1) is 11.2 Å². The predicted molar refractivity (Wildman–Crippen MR) is 102 cm³/mol. The van der Waals surface area contributed by atoms with E-state index in [1.54, 1.807) is 33.1 Å². The minimum Gasteiger partial charge on any atom is -0.497 e. The molecular weight excluding hydrogens is 347 g/mol. The molecular formula is C21H25FN2O3. The molecule has 27 heavy (non-hydrogen) atoms. The van der Waals surface area contributed by atoms with Gasteiger partial charge in [-0.3, -0.25) is 9.59 Å². The fourth-order valence-corrected chi connectivity index (χ4v) is 2.44. The highest BCUT2D eigenvalue weighted by Gasteiger charge is 2.35. The maximum Gasteiger partial charge on any atom is 0.235 e. The average molecular weight is 372 g/mol. The van der Waals surface area contributed by atoms with Crippen LogP contribution in [-0.4, -0.2) is 25.5 Å². The van der Waals surface area contributed by atoms with Crippen molar-refractivity contribution in [1.29, 1.82) is 0 Å². The van der Waals surface area contributed by atoms with E-state index in [4.69, 9.17) is 4.74 Å². The third-order valence-electron chi connectivity index (χ3n) is 4.36. The SMILES string of the molecule is COc1ccc(CNC(=O)C(C)(C)C(=O)NCCc2ccc(F)cc2)cc1. The molecule has 2 N–H and O–H groups in total. The van der Waals surface area contributed by atoms with Crippen LogP contribution in [0.15, 0.2) is 48.5 Å². The molecule has 0 saturated heterocycles. The summed E-state index contributed by atoms with van der Waals surface area (Å²) in [5, 5.41) is 5.56. The Morgan fingerprint density at radius 1 is 0.926 bits per heavy atom. The molecule has 144 valence electrons. The fraction of sp³-hybridized carbons (Fsp3) is 0.333. The van der Waals surface area contributed by atoms with E-state index in [9.17, 15) is 14.0 Å². The lowest BCUT2D eigenvalue weighted by molar-refractivity contribution is -0.141. The number of hydrogen-bond acceptors (Lipinski definition) is 3. The Morgan fingerprint density at radius 2 is 1.48 bits per heavy atom. The van der Waals surface area contributed by atoms with Gasteiger partial charge in [-0.2, -0.15) is 0 Å². The molecule has 2 aromatic rings. The van der Waals surface area contributed by atoms with Crippen molar-refractivity contribution >= 4 is 11.8 Å². The molecule has 0 bridgehead atoms. The van der Waals surface area contributed by atoms with Crippen molar-refractivity contribution in [2.75, 3.05) is 13.7 Å². The Bertz CT molecular complexity index is 771. The van der Waals surface area contributed by atoms with Crippen molar-refractivity contribution in [2.45, 2.75) is 26.8 Å². The van der Waals surface area contributed by atoms with Gasteiger partial charge in [-0.15, -0.1) is 0 Å². The second-order valence-corrected chi connectivity index (χ2v) is 6.79. The first kappa shape index (κ1) is 20.4. The molecule has 0 fully saturated rings. The molecule has 0 aromatic heterocycles. The Hall–Kier alpha value is -2.89. The molecule has 0 aliphatic rings. The maximum atomic E-state index is 12.9. The van der Waals surface area contributed by atoms with E-state index in [1.807, 2.05) is 24.3 Å². The Balaban J connectivity index is 1.82. The maximum absolute atomic E-state index is 12.9. The average Bonchev–Trinajstić information content (AvgIpc) is 2.67. The van der Waals surface area contributed by atoms with E-state index >= 15 is 0 Å². The molecule has 2 amide bonds. The molecule has 2 rings (SSSR count). The number of hydrogen-bond donors (Lipinski definition) is 2. The number of benzene rings is 2. The van der Waals surface area contributed by atoms with Gasteiger partial charge in [0.2, 0.25) is 11.8 Å². The van der Waals surface area contributed by atoms with Gasteiger partial charge in [0.25, 0.3) is 0 Å². The van der Waals surface area contributed by atoms with Gasteiger partial charge in [-0.05, 0) is 55.7 Å². The first-order valence-corrected chi connectivity index (χ1v) is 8.77. The van der Waals surface area contributed by atoms with Crippen molar-refractivity contribution in [2.24, 2.45) is 5.41 Å². The first-order chi connectivity index (χ1) is 12.8. The van der Waals surface area contributed by atoms with Gasteiger partial charge in [0.05, 0.1) is 7.11 Å². The number of carbonyl (C=O) groups excluding carboxylic acids is 2. The molecule has 6 heteroatoms. The molecule has 0 aliphatic heterocycles. The number of nitrogens with one attached hydrogen (secondary N) is 2. The summed E-state index contributed by atoms with van der Waals surface area (Å²) >= 11 is 0. The number of carbonyl (C=O) groups is 2. The molecule has 0 spiro atoms. The van der Waals surface area contributed by atoms with Gasteiger partial charge in [0.1, 0.15) is 17.0 Å². The zero-order valence-electron chi connectivity index (χ0n) is 15.8. The summed E-state index contributed by atoms with van der Waals surface area (Å²) in [5.41, 5.74) is 0.630. The van der Waals surface area contributed by atoms with Gasteiger partial charge in [0.15, 0.2) is 0 Å². The third kappa shape index (κ3) is 5.81. The molecule has 0 aliphatic carbocycles. The first-order valence-electron chi connectivity index (χ1n) is 8.77. The van der Waals surface area contributed by atoms with Gasteiger partial charge >= 0.3 is 0 Å². The van der Waals surface area contributed by atoms with Gasteiger partial charge in [-0.25, -0.2) is 4.39 Å². The van der Waals surface area contributed by atoms with E-state index in [0.29, 0.717) is 19.5 Å². The zero-order chi connectivity index (χ0) is 19.9. The Kier molecular flexibility index (Phi) is 6.93. The molecule has 0 heterocycles. The van der Waals surface area contributed by atoms with Gasteiger partial charge in [-0.1, -0.05) is 24.3 Å². The third-order valence-corrected chi connectivity index (χ3v) is 4.36. The Labute approximate surface area is 158 Å². The van der Waals surface area contributed by atoms with Crippen LogP contribution in [-0.2, 0) is 22.6 Å².